The van der Waals surface area contributed by atoms with Crippen molar-refractivity contribution >= 4 is 45.7 Å². The molecule has 0 unspecified atom stereocenters. The molecule has 0 aromatic carbocycles. The van der Waals surface area contributed by atoms with Crippen molar-refractivity contribution < 1.29 is 24.3 Å². The van der Waals surface area contributed by atoms with Gasteiger partial charge in [-0.15, -0.1) is 0 Å². The van der Waals surface area contributed by atoms with Crippen LogP contribution in [0.2, 0.25) is 4.34 Å². The predicted octanol–water partition coefficient (Wildman–Crippen LogP) is 1.53. The van der Waals surface area contributed by atoms with Gasteiger partial charge >= 0.3 is 11.9 Å². The summed E-state index contributed by atoms with van der Waals surface area (Å²) in [5.74, 6) is -2.09. The first-order valence-corrected chi connectivity index (χ1v) is 6.87. The Morgan fingerprint density at radius 2 is 2.10 bits per heavy atom. The molecule has 10 heteroatoms. The van der Waals surface area contributed by atoms with Crippen molar-refractivity contribution in [3.05, 3.63) is 10.0 Å². The summed E-state index contributed by atoms with van der Waals surface area (Å²) in [6, 6.07) is 0. The van der Waals surface area contributed by atoms with Crippen LogP contribution in [0.5, 0.6) is 0 Å². The number of thiazole rings is 1. The quantitative estimate of drug-likeness (QED) is 0.475. The van der Waals surface area contributed by atoms with E-state index in [-0.39, 0.29) is 15.2 Å². The third kappa shape index (κ3) is 5.56. The highest BCUT2D eigenvalue weighted by atomic mass is 35.5. The van der Waals surface area contributed by atoms with E-state index in [1.54, 1.807) is 20.8 Å². The lowest BCUT2D eigenvalue weighted by atomic mass is 10.2. The summed E-state index contributed by atoms with van der Waals surface area (Å²) >= 11 is 6.70. The van der Waals surface area contributed by atoms with Crippen molar-refractivity contribution in [1.82, 2.24) is 4.98 Å². The molecule has 0 aliphatic carbocycles. The van der Waals surface area contributed by atoms with Gasteiger partial charge in [0.15, 0.2) is 5.13 Å². The summed E-state index contributed by atoms with van der Waals surface area (Å²) in [7, 11) is 0. The molecule has 3 N–H and O–H groups in total. The Labute approximate surface area is 129 Å². The molecule has 116 valence electrons. The molecular formula is C11H14ClN3O5S. The van der Waals surface area contributed by atoms with Crippen molar-refractivity contribution in [2.75, 3.05) is 12.3 Å². The van der Waals surface area contributed by atoms with E-state index in [0.29, 0.717) is 0 Å². The molecule has 0 bridgehead atoms. The van der Waals surface area contributed by atoms with Gasteiger partial charge in [-0.3, -0.25) is 0 Å². The van der Waals surface area contributed by atoms with Crippen molar-refractivity contribution in [1.29, 1.82) is 0 Å². The minimum absolute atomic E-state index is 0.0644. The fourth-order valence-electron chi connectivity index (χ4n) is 1.17. The molecular weight excluding hydrogens is 322 g/mol. The predicted molar refractivity (Wildman–Crippen MR) is 77.5 cm³/mol. The van der Waals surface area contributed by atoms with E-state index in [4.69, 9.17) is 27.2 Å². The van der Waals surface area contributed by atoms with Crippen molar-refractivity contribution in [3.8, 4) is 0 Å². The van der Waals surface area contributed by atoms with Crippen LogP contribution < -0.4 is 5.73 Å². The van der Waals surface area contributed by atoms with Crippen LogP contribution in [0.3, 0.4) is 0 Å². The van der Waals surface area contributed by atoms with E-state index in [0.717, 1.165) is 11.3 Å². The molecule has 0 aliphatic heterocycles. The number of halogens is 1. The molecule has 1 heterocycles. The third-order valence-corrected chi connectivity index (χ3v) is 2.87. The van der Waals surface area contributed by atoms with E-state index < -0.39 is 29.9 Å². The number of carboxylic acids is 1. The Bertz CT molecular complexity index is 579. The lowest BCUT2D eigenvalue weighted by Crippen LogP contribution is -2.26. The first kappa shape index (κ1) is 17.2. The number of esters is 1. The van der Waals surface area contributed by atoms with Crippen LogP contribution in [-0.2, 0) is 19.2 Å². The molecule has 0 saturated heterocycles. The summed E-state index contributed by atoms with van der Waals surface area (Å²) in [4.78, 5) is 30.9. The molecule has 0 spiro atoms. The standard InChI is InChI=1S/C11H14ClN3O5S/c1-11(2,3)20-5(16)4-19-15-7(9(17)18)6-8(12)21-10(13)14-6/h4H2,1-3H3,(H2,13,14)(H,17,18)/b15-7+. The van der Waals surface area contributed by atoms with Gasteiger partial charge in [-0.2, -0.15) is 0 Å². The van der Waals surface area contributed by atoms with Crippen LogP contribution in [0.1, 0.15) is 26.5 Å². The molecule has 8 nitrogen and oxygen atoms in total. The lowest BCUT2D eigenvalue weighted by molar-refractivity contribution is -0.160. The molecule has 1 rings (SSSR count). The maximum absolute atomic E-state index is 11.4. The minimum Gasteiger partial charge on any atom is -0.476 e. The largest absolute Gasteiger partial charge is 0.476 e. The van der Waals surface area contributed by atoms with Crippen LogP contribution in [0.25, 0.3) is 0 Å². The summed E-state index contributed by atoms with van der Waals surface area (Å²) in [5, 5.41) is 12.5. The average Bonchev–Trinajstić information content (AvgIpc) is 2.61. The van der Waals surface area contributed by atoms with E-state index in [2.05, 4.69) is 15.0 Å². The van der Waals surface area contributed by atoms with Crippen LogP contribution in [0, 0.1) is 0 Å². The first-order chi connectivity index (χ1) is 9.60. The van der Waals surface area contributed by atoms with Gasteiger partial charge in [0.05, 0.1) is 0 Å². The Hall–Kier alpha value is -1.87. The number of aromatic nitrogens is 1. The number of carbonyl (C=O) groups excluding carboxylic acids is 1. The van der Waals surface area contributed by atoms with Crippen molar-refractivity contribution in [2.45, 2.75) is 26.4 Å². The Morgan fingerprint density at radius 1 is 1.48 bits per heavy atom. The topological polar surface area (TPSA) is 124 Å². The Balaban J connectivity index is 2.77. The van der Waals surface area contributed by atoms with E-state index in [1.165, 1.54) is 0 Å². The molecule has 0 radical (unpaired) electrons. The Kier molecular flexibility index (Phi) is 5.50. The van der Waals surface area contributed by atoms with Crippen LogP contribution in [0.4, 0.5) is 5.13 Å². The zero-order valence-corrected chi connectivity index (χ0v) is 13.1. The van der Waals surface area contributed by atoms with Gasteiger partial charge in [0.25, 0.3) is 0 Å². The number of nitrogens with two attached hydrogens (primary N) is 1. The fourth-order valence-corrected chi connectivity index (χ4v) is 2.10. The summed E-state index contributed by atoms with van der Waals surface area (Å²) < 4.78 is 5.04. The number of oxime groups is 1. The summed E-state index contributed by atoms with van der Waals surface area (Å²) in [6.45, 7) is 4.53. The second-order valence-electron chi connectivity index (χ2n) is 4.78. The van der Waals surface area contributed by atoms with Crippen molar-refractivity contribution in [3.63, 3.8) is 0 Å². The molecule has 0 saturated carbocycles. The molecule has 0 amide bonds. The van der Waals surface area contributed by atoms with Crippen LogP contribution in [-0.4, -0.2) is 39.9 Å². The highest BCUT2D eigenvalue weighted by molar-refractivity contribution is 7.19. The zero-order chi connectivity index (χ0) is 16.2. The number of ether oxygens (including phenoxy) is 1. The molecule has 21 heavy (non-hydrogen) atoms. The third-order valence-electron chi connectivity index (χ3n) is 1.79. The van der Waals surface area contributed by atoms with E-state index in [9.17, 15) is 9.59 Å². The number of hydrogen-bond acceptors (Lipinski definition) is 8. The van der Waals surface area contributed by atoms with Gasteiger partial charge in [0.2, 0.25) is 12.3 Å². The number of anilines is 1. The zero-order valence-electron chi connectivity index (χ0n) is 11.5. The van der Waals surface area contributed by atoms with Gasteiger partial charge in [0, 0.05) is 0 Å². The number of nitrogen functional groups attached to an aromatic ring is 1. The summed E-state index contributed by atoms with van der Waals surface area (Å²) in [5.41, 5.74) is 4.09. The number of aliphatic carboxylic acids is 1. The van der Waals surface area contributed by atoms with Gasteiger partial charge in [-0.25, -0.2) is 14.6 Å². The SMILES string of the molecule is CC(C)(C)OC(=O)CO/N=C(/C(=O)O)c1nc(N)sc1Cl. The normalized spacial score (nSPS) is 12.1. The highest BCUT2D eigenvalue weighted by Crippen LogP contribution is 2.26. The molecule has 1 aromatic heterocycles. The number of carboxylic acid groups (broad SMARTS) is 1. The van der Waals surface area contributed by atoms with Gasteiger partial charge in [-0.1, -0.05) is 28.1 Å². The summed E-state index contributed by atoms with van der Waals surface area (Å²) in [6.07, 6.45) is 0. The Morgan fingerprint density at radius 3 is 2.52 bits per heavy atom. The van der Waals surface area contributed by atoms with E-state index in [1.807, 2.05) is 0 Å². The number of nitrogens with zero attached hydrogens (tertiary/aromatic N) is 2. The first-order valence-electron chi connectivity index (χ1n) is 5.67. The average molecular weight is 336 g/mol. The van der Waals surface area contributed by atoms with Crippen LogP contribution >= 0.6 is 22.9 Å². The molecule has 0 aliphatic rings. The number of carbonyl (C=O) groups is 2. The molecule has 0 fully saturated rings. The molecule has 1 aromatic rings. The minimum atomic E-state index is -1.41. The maximum atomic E-state index is 11.4. The lowest BCUT2D eigenvalue weighted by Gasteiger charge is -2.18. The second kappa shape index (κ2) is 6.72. The fraction of sp³-hybridized carbons (Fsp3) is 0.455. The maximum Gasteiger partial charge on any atom is 0.360 e. The second-order valence-corrected chi connectivity index (χ2v) is 6.41. The monoisotopic (exact) mass is 335 g/mol. The van der Waals surface area contributed by atoms with Gasteiger partial charge < -0.3 is 20.4 Å². The van der Waals surface area contributed by atoms with Gasteiger partial charge in [0.1, 0.15) is 15.6 Å². The number of hydrogen-bond donors (Lipinski definition) is 2. The van der Waals surface area contributed by atoms with E-state index >= 15 is 0 Å². The van der Waals surface area contributed by atoms with Crippen LogP contribution in [0.15, 0.2) is 5.16 Å². The number of rotatable bonds is 5. The highest BCUT2D eigenvalue weighted by Gasteiger charge is 2.22. The van der Waals surface area contributed by atoms with Crippen molar-refractivity contribution in [2.24, 2.45) is 5.16 Å². The smallest absolute Gasteiger partial charge is 0.360 e. The van der Waals surface area contributed by atoms with Gasteiger partial charge in [-0.05, 0) is 20.8 Å². The molecule has 0 atom stereocenters.